The van der Waals surface area contributed by atoms with E-state index in [-0.39, 0.29) is 16.7 Å². The number of hydrogen-bond acceptors (Lipinski definition) is 5. The molecule has 0 radical (unpaired) electrons. The van der Waals surface area contributed by atoms with Gasteiger partial charge in [0.1, 0.15) is 13.2 Å². The van der Waals surface area contributed by atoms with Gasteiger partial charge in [0.25, 0.3) is 0 Å². The molecule has 0 spiro atoms. The monoisotopic (exact) mass is 387 g/mol. The van der Waals surface area contributed by atoms with Crippen LogP contribution in [0.5, 0.6) is 11.5 Å². The van der Waals surface area contributed by atoms with Crippen LogP contribution in [-0.2, 0) is 16.4 Å². The molecule has 1 aliphatic heterocycles. The summed E-state index contributed by atoms with van der Waals surface area (Å²) in [7, 11) is -3.70. The number of ketones is 1. The fraction of sp³-hybridized carbons (Fsp3) is 0.350. The van der Waals surface area contributed by atoms with Crippen molar-refractivity contribution in [3.8, 4) is 11.5 Å². The molecule has 0 fully saturated rings. The number of Topliss-reactive ketones (excluding diaryl/α,β-unsaturated/α-hetero) is 1. The van der Waals surface area contributed by atoms with Gasteiger partial charge in [0.15, 0.2) is 17.3 Å². The number of hydrogen-bond donors (Lipinski definition) is 1. The van der Waals surface area contributed by atoms with E-state index >= 15 is 0 Å². The van der Waals surface area contributed by atoms with Gasteiger partial charge < -0.3 is 9.47 Å². The number of benzene rings is 2. The van der Waals surface area contributed by atoms with Crippen LogP contribution in [0, 0.1) is 0 Å². The maximum absolute atomic E-state index is 12.8. The lowest BCUT2D eigenvalue weighted by Crippen LogP contribution is -2.31. The predicted octanol–water partition coefficient (Wildman–Crippen LogP) is 3.02. The molecule has 2 aromatic carbocycles. The molecular formula is C20H21NO5S. The summed E-state index contributed by atoms with van der Waals surface area (Å²) >= 11 is 0. The lowest BCUT2D eigenvalue weighted by Gasteiger charge is -2.29. The van der Waals surface area contributed by atoms with Gasteiger partial charge in [-0.05, 0) is 61.6 Å². The van der Waals surface area contributed by atoms with Gasteiger partial charge >= 0.3 is 0 Å². The Balaban J connectivity index is 1.62. The molecule has 0 saturated carbocycles. The second-order valence-corrected chi connectivity index (χ2v) is 8.56. The Kier molecular flexibility index (Phi) is 4.65. The van der Waals surface area contributed by atoms with E-state index in [2.05, 4.69) is 4.72 Å². The third kappa shape index (κ3) is 3.57. The highest BCUT2D eigenvalue weighted by Crippen LogP contribution is 2.40. The van der Waals surface area contributed by atoms with Crippen molar-refractivity contribution in [2.45, 2.75) is 37.1 Å². The molecule has 1 N–H and O–H groups in total. The number of carbonyl (C=O) groups is 1. The second-order valence-electron chi connectivity index (χ2n) is 6.84. The SMILES string of the molecule is CC(=O)c1ccc(S(=O)(=O)NC2CCCc3cc4c(cc32)OCCO4)cc1. The first-order valence-electron chi connectivity index (χ1n) is 9.00. The number of fused-ring (bicyclic) bond motifs is 2. The zero-order valence-corrected chi connectivity index (χ0v) is 15.8. The van der Waals surface area contributed by atoms with E-state index in [1.165, 1.54) is 31.2 Å². The summed E-state index contributed by atoms with van der Waals surface area (Å²) in [6, 6.07) is 9.54. The number of nitrogens with one attached hydrogen (secondary N) is 1. The van der Waals surface area contributed by atoms with E-state index in [9.17, 15) is 13.2 Å². The number of ether oxygens (including phenoxy) is 2. The highest BCUT2D eigenvalue weighted by molar-refractivity contribution is 7.89. The van der Waals surface area contributed by atoms with Crippen LogP contribution in [0.4, 0.5) is 0 Å². The Labute approximate surface area is 158 Å². The number of rotatable bonds is 4. The smallest absolute Gasteiger partial charge is 0.241 e. The van der Waals surface area contributed by atoms with Crippen LogP contribution in [0.25, 0.3) is 0 Å². The van der Waals surface area contributed by atoms with Gasteiger partial charge in [0, 0.05) is 11.6 Å². The topological polar surface area (TPSA) is 81.7 Å². The van der Waals surface area contributed by atoms with Crippen LogP contribution in [0.1, 0.15) is 47.3 Å². The van der Waals surface area contributed by atoms with Gasteiger partial charge in [0.05, 0.1) is 4.90 Å². The molecule has 142 valence electrons. The molecule has 1 atom stereocenters. The molecule has 0 saturated heterocycles. The third-order valence-electron chi connectivity index (χ3n) is 4.99. The van der Waals surface area contributed by atoms with Crippen molar-refractivity contribution in [3.05, 3.63) is 53.1 Å². The van der Waals surface area contributed by atoms with E-state index in [0.717, 1.165) is 36.1 Å². The number of sulfonamides is 1. The van der Waals surface area contributed by atoms with Gasteiger partial charge in [-0.15, -0.1) is 0 Å². The summed E-state index contributed by atoms with van der Waals surface area (Å²) in [6.45, 7) is 2.47. The number of aryl methyl sites for hydroxylation is 1. The Morgan fingerprint density at radius 2 is 1.74 bits per heavy atom. The summed E-state index contributed by atoms with van der Waals surface area (Å²) in [5, 5.41) is 0. The normalized spacial score (nSPS) is 18.6. The Morgan fingerprint density at radius 1 is 1.07 bits per heavy atom. The van der Waals surface area contributed by atoms with E-state index in [0.29, 0.717) is 24.5 Å². The molecule has 27 heavy (non-hydrogen) atoms. The standard InChI is InChI=1S/C20H21NO5S/c1-13(22)14-5-7-16(8-6-14)27(23,24)21-18-4-2-3-15-11-19-20(12-17(15)18)26-10-9-25-19/h5-8,11-12,18,21H,2-4,9-10H2,1H3. The van der Waals surface area contributed by atoms with Crippen molar-refractivity contribution in [2.75, 3.05) is 13.2 Å². The average molecular weight is 387 g/mol. The van der Waals surface area contributed by atoms with E-state index in [4.69, 9.17) is 9.47 Å². The molecule has 1 aliphatic carbocycles. The van der Waals surface area contributed by atoms with Crippen molar-refractivity contribution < 1.29 is 22.7 Å². The van der Waals surface area contributed by atoms with Crippen molar-refractivity contribution >= 4 is 15.8 Å². The van der Waals surface area contributed by atoms with Gasteiger partial charge in [0.2, 0.25) is 10.0 Å². The first kappa shape index (κ1) is 18.0. The molecule has 2 aromatic rings. The summed E-state index contributed by atoms with van der Waals surface area (Å²) in [6.07, 6.45) is 2.50. The maximum atomic E-state index is 12.8. The molecule has 2 aliphatic rings. The van der Waals surface area contributed by atoms with Gasteiger partial charge in [-0.25, -0.2) is 13.1 Å². The van der Waals surface area contributed by atoms with Gasteiger partial charge in [-0.2, -0.15) is 0 Å². The Morgan fingerprint density at radius 3 is 2.41 bits per heavy atom. The van der Waals surface area contributed by atoms with Crippen molar-refractivity contribution in [1.29, 1.82) is 0 Å². The van der Waals surface area contributed by atoms with Crippen LogP contribution in [0.3, 0.4) is 0 Å². The fourth-order valence-corrected chi connectivity index (χ4v) is 4.84. The van der Waals surface area contributed by atoms with Crippen LogP contribution in [-0.4, -0.2) is 27.4 Å². The van der Waals surface area contributed by atoms with E-state index < -0.39 is 10.0 Å². The molecule has 1 heterocycles. The van der Waals surface area contributed by atoms with E-state index in [1.54, 1.807) is 0 Å². The van der Waals surface area contributed by atoms with E-state index in [1.807, 2.05) is 12.1 Å². The lowest BCUT2D eigenvalue weighted by molar-refractivity contribution is 0.101. The summed E-state index contributed by atoms with van der Waals surface area (Å²) < 4.78 is 39.8. The quantitative estimate of drug-likeness (QED) is 0.816. The first-order chi connectivity index (χ1) is 12.9. The van der Waals surface area contributed by atoms with Crippen molar-refractivity contribution in [2.24, 2.45) is 0 Å². The maximum Gasteiger partial charge on any atom is 0.241 e. The lowest BCUT2D eigenvalue weighted by atomic mass is 9.88. The zero-order chi connectivity index (χ0) is 19.0. The minimum Gasteiger partial charge on any atom is -0.486 e. The zero-order valence-electron chi connectivity index (χ0n) is 15.0. The largest absolute Gasteiger partial charge is 0.486 e. The molecule has 0 amide bonds. The van der Waals surface area contributed by atoms with Crippen molar-refractivity contribution in [1.82, 2.24) is 4.72 Å². The fourth-order valence-electron chi connectivity index (χ4n) is 3.59. The summed E-state index contributed by atoms with van der Waals surface area (Å²) in [5.41, 5.74) is 2.51. The summed E-state index contributed by atoms with van der Waals surface area (Å²) in [4.78, 5) is 11.5. The minimum absolute atomic E-state index is 0.0971. The average Bonchev–Trinajstić information content (AvgIpc) is 2.66. The molecule has 1 unspecified atom stereocenters. The van der Waals surface area contributed by atoms with Gasteiger partial charge in [-0.1, -0.05) is 12.1 Å². The van der Waals surface area contributed by atoms with Crippen LogP contribution in [0.15, 0.2) is 41.3 Å². The highest BCUT2D eigenvalue weighted by atomic mass is 32.2. The number of carbonyl (C=O) groups excluding carboxylic acids is 1. The summed E-state index contributed by atoms with van der Waals surface area (Å²) in [5.74, 6) is 1.29. The van der Waals surface area contributed by atoms with Gasteiger partial charge in [-0.3, -0.25) is 4.79 Å². The second kappa shape index (κ2) is 6.98. The molecule has 0 aromatic heterocycles. The highest BCUT2D eigenvalue weighted by Gasteiger charge is 2.28. The molecule has 7 heteroatoms. The predicted molar refractivity (Wildman–Crippen MR) is 99.9 cm³/mol. The molecule has 0 bridgehead atoms. The molecular weight excluding hydrogens is 366 g/mol. The Hall–Kier alpha value is -2.38. The minimum atomic E-state index is -3.70. The van der Waals surface area contributed by atoms with Crippen LogP contribution >= 0.6 is 0 Å². The van der Waals surface area contributed by atoms with Crippen molar-refractivity contribution in [3.63, 3.8) is 0 Å². The Bertz CT molecular complexity index is 982. The van der Waals surface area contributed by atoms with Crippen LogP contribution in [0.2, 0.25) is 0 Å². The van der Waals surface area contributed by atoms with Crippen LogP contribution < -0.4 is 14.2 Å². The molecule has 6 nitrogen and oxygen atoms in total. The third-order valence-corrected chi connectivity index (χ3v) is 6.47. The molecule has 4 rings (SSSR count). The first-order valence-corrected chi connectivity index (χ1v) is 10.5.